The number of rotatable bonds is 5. The quantitative estimate of drug-likeness (QED) is 0.704. The topological polar surface area (TPSA) is 98.4 Å². The van der Waals surface area contributed by atoms with Gasteiger partial charge in [0.1, 0.15) is 10.6 Å². The van der Waals surface area contributed by atoms with Crippen LogP contribution in [0.25, 0.3) is 11.4 Å². The van der Waals surface area contributed by atoms with Gasteiger partial charge in [-0.05, 0) is 57.9 Å². The molecule has 2 aromatic rings. The van der Waals surface area contributed by atoms with Crippen LogP contribution in [0.1, 0.15) is 52.1 Å². The van der Waals surface area contributed by atoms with Gasteiger partial charge in [-0.3, -0.25) is 0 Å². The Bertz CT molecular complexity index is 1030. The fourth-order valence-electron chi connectivity index (χ4n) is 4.48. The molecule has 1 aliphatic heterocycles. The van der Waals surface area contributed by atoms with Crippen molar-refractivity contribution in [2.24, 2.45) is 0 Å². The van der Waals surface area contributed by atoms with Gasteiger partial charge in [0.15, 0.2) is 15.7 Å². The molecule has 8 heteroatoms. The van der Waals surface area contributed by atoms with Crippen molar-refractivity contribution in [2.45, 2.75) is 62.5 Å². The number of nitrogens with two attached hydrogens (primary N) is 1. The average molecular weight is 445 g/mol. The highest BCUT2D eigenvalue weighted by atomic mass is 32.2. The zero-order chi connectivity index (χ0) is 22.2. The summed E-state index contributed by atoms with van der Waals surface area (Å²) >= 11 is 0. The number of nitrogen functional groups attached to an aromatic ring is 1. The van der Waals surface area contributed by atoms with Crippen molar-refractivity contribution in [1.29, 1.82) is 0 Å². The SMILES string of the molecule is C[C@H]1COCCN1c1cc(C(C)(C)S(=O)(=O)C2CCCC2)nc(-c2ccc(N)cc2)n1. The number of anilines is 2. The van der Waals surface area contributed by atoms with Crippen LogP contribution in [0.4, 0.5) is 11.5 Å². The first kappa shape index (κ1) is 22.0. The van der Waals surface area contributed by atoms with Crippen LogP contribution >= 0.6 is 0 Å². The zero-order valence-electron chi connectivity index (χ0n) is 18.5. The fraction of sp³-hybridized carbons (Fsp3) is 0.565. The Balaban J connectivity index is 1.83. The van der Waals surface area contributed by atoms with Crippen LogP contribution in [0.2, 0.25) is 0 Å². The summed E-state index contributed by atoms with van der Waals surface area (Å²) in [5.74, 6) is 1.25. The van der Waals surface area contributed by atoms with Crippen LogP contribution < -0.4 is 10.6 Å². The minimum absolute atomic E-state index is 0.144. The molecule has 0 spiro atoms. The minimum Gasteiger partial charge on any atom is -0.399 e. The number of benzene rings is 1. The Morgan fingerprint density at radius 2 is 1.81 bits per heavy atom. The van der Waals surface area contributed by atoms with Gasteiger partial charge >= 0.3 is 0 Å². The molecule has 1 aromatic carbocycles. The third-order valence-electron chi connectivity index (χ3n) is 6.61. The molecule has 31 heavy (non-hydrogen) atoms. The van der Waals surface area contributed by atoms with Gasteiger partial charge in [0, 0.05) is 23.9 Å². The molecule has 1 aromatic heterocycles. The van der Waals surface area contributed by atoms with Gasteiger partial charge in [-0.15, -0.1) is 0 Å². The lowest BCUT2D eigenvalue weighted by Crippen LogP contribution is -2.44. The van der Waals surface area contributed by atoms with Crippen LogP contribution in [0.3, 0.4) is 0 Å². The summed E-state index contributed by atoms with van der Waals surface area (Å²) in [6.07, 6.45) is 3.40. The third kappa shape index (κ3) is 4.15. The standard InChI is InChI=1S/C23H32N4O3S/c1-16-15-30-13-12-27(16)21-14-20(23(2,3)31(28,29)19-6-4-5-7-19)25-22(26-21)17-8-10-18(24)11-9-17/h8-11,14,16,19H,4-7,12-13,15,24H2,1-3H3/t16-/m0/s1. The van der Waals surface area contributed by atoms with Crippen LogP contribution in [0, 0.1) is 0 Å². The van der Waals surface area contributed by atoms with E-state index >= 15 is 0 Å². The van der Waals surface area contributed by atoms with Crippen LogP contribution in [0.5, 0.6) is 0 Å². The van der Waals surface area contributed by atoms with E-state index in [-0.39, 0.29) is 11.3 Å². The minimum atomic E-state index is -3.41. The van der Waals surface area contributed by atoms with Crippen molar-refractivity contribution in [3.63, 3.8) is 0 Å². The van der Waals surface area contributed by atoms with Crippen molar-refractivity contribution in [3.05, 3.63) is 36.0 Å². The zero-order valence-corrected chi connectivity index (χ0v) is 19.4. The monoisotopic (exact) mass is 444 g/mol. The molecule has 2 N–H and O–H groups in total. The Hall–Kier alpha value is -2.19. The van der Waals surface area contributed by atoms with Gasteiger partial charge in [0.05, 0.1) is 30.2 Å². The highest BCUT2D eigenvalue weighted by Gasteiger charge is 2.44. The maximum absolute atomic E-state index is 13.6. The van der Waals surface area contributed by atoms with E-state index in [1.165, 1.54) is 0 Å². The van der Waals surface area contributed by atoms with Crippen LogP contribution in [-0.2, 0) is 19.3 Å². The molecule has 4 rings (SSSR count). The van der Waals surface area contributed by atoms with E-state index in [4.69, 9.17) is 20.4 Å². The number of aromatic nitrogens is 2. The molecular weight excluding hydrogens is 412 g/mol. The number of nitrogens with zero attached hydrogens (tertiary/aromatic N) is 3. The molecule has 2 aliphatic rings. The molecule has 0 amide bonds. The molecule has 1 saturated heterocycles. The van der Waals surface area contributed by atoms with Gasteiger partial charge in [-0.1, -0.05) is 12.8 Å². The molecule has 0 radical (unpaired) electrons. The lowest BCUT2D eigenvalue weighted by molar-refractivity contribution is 0.0985. The largest absolute Gasteiger partial charge is 0.399 e. The molecule has 1 atom stereocenters. The van der Waals surface area contributed by atoms with E-state index in [0.717, 1.165) is 37.1 Å². The summed E-state index contributed by atoms with van der Waals surface area (Å²) in [5, 5.41) is -0.303. The number of hydrogen-bond donors (Lipinski definition) is 1. The Kier molecular flexibility index (Phi) is 5.96. The molecular formula is C23H32N4O3S. The van der Waals surface area contributed by atoms with E-state index < -0.39 is 14.6 Å². The number of hydrogen-bond acceptors (Lipinski definition) is 7. The Morgan fingerprint density at radius 3 is 2.45 bits per heavy atom. The van der Waals surface area contributed by atoms with Crippen molar-refractivity contribution in [3.8, 4) is 11.4 Å². The molecule has 2 fully saturated rings. The summed E-state index contributed by atoms with van der Waals surface area (Å²) in [7, 11) is -3.41. The van der Waals surface area contributed by atoms with Gasteiger partial charge in [-0.25, -0.2) is 18.4 Å². The van der Waals surface area contributed by atoms with Gasteiger partial charge in [0.25, 0.3) is 0 Å². The van der Waals surface area contributed by atoms with Crippen LogP contribution in [0.15, 0.2) is 30.3 Å². The predicted octanol–water partition coefficient (Wildman–Crippen LogP) is 3.54. The molecule has 2 heterocycles. The first-order valence-corrected chi connectivity index (χ1v) is 12.6. The highest BCUT2D eigenvalue weighted by molar-refractivity contribution is 7.92. The lowest BCUT2D eigenvalue weighted by atomic mass is 10.1. The average Bonchev–Trinajstić information content (AvgIpc) is 3.30. The molecule has 0 bridgehead atoms. The number of ether oxygens (including phenoxy) is 1. The Morgan fingerprint density at radius 1 is 1.13 bits per heavy atom. The van der Waals surface area contributed by atoms with Crippen molar-refractivity contribution < 1.29 is 13.2 Å². The summed E-state index contributed by atoms with van der Waals surface area (Å²) in [4.78, 5) is 11.8. The number of sulfone groups is 1. The summed E-state index contributed by atoms with van der Waals surface area (Å²) < 4.78 is 31.7. The van der Waals surface area contributed by atoms with E-state index in [0.29, 0.717) is 37.0 Å². The second-order valence-electron chi connectivity index (χ2n) is 9.14. The van der Waals surface area contributed by atoms with Gasteiger partial charge in [0.2, 0.25) is 0 Å². The van der Waals surface area contributed by atoms with Crippen molar-refractivity contribution >= 4 is 21.3 Å². The summed E-state index contributed by atoms with van der Waals surface area (Å²) in [6.45, 7) is 7.58. The maximum Gasteiger partial charge on any atom is 0.164 e. The van der Waals surface area contributed by atoms with E-state index in [9.17, 15) is 8.42 Å². The van der Waals surface area contributed by atoms with E-state index in [2.05, 4.69) is 11.8 Å². The van der Waals surface area contributed by atoms with E-state index in [1.807, 2.05) is 30.3 Å². The number of morpholine rings is 1. The fourth-order valence-corrected chi connectivity index (χ4v) is 6.66. The second kappa shape index (κ2) is 8.39. The molecule has 1 aliphatic carbocycles. The maximum atomic E-state index is 13.6. The van der Waals surface area contributed by atoms with Gasteiger partial charge < -0.3 is 15.4 Å². The first-order chi connectivity index (χ1) is 14.7. The molecule has 168 valence electrons. The van der Waals surface area contributed by atoms with Crippen molar-refractivity contribution in [2.75, 3.05) is 30.4 Å². The first-order valence-electron chi connectivity index (χ1n) is 11.0. The summed E-state index contributed by atoms with van der Waals surface area (Å²) in [5.41, 5.74) is 7.86. The van der Waals surface area contributed by atoms with Crippen molar-refractivity contribution in [1.82, 2.24) is 9.97 Å². The molecule has 7 nitrogen and oxygen atoms in total. The Labute approximate surface area is 184 Å². The molecule has 1 saturated carbocycles. The predicted molar refractivity (Wildman–Crippen MR) is 124 cm³/mol. The highest BCUT2D eigenvalue weighted by Crippen LogP contribution is 2.39. The van der Waals surface area contributed by atoms with Crippen LogP contribution in [-0.4, -0.2) is 49.4 Å². The summed E-state index contributed by atoms with van der Waals surface area (Å²) in [6, 6.07) is 9.37. The van der Waals surface area contributed by atoms with Gasteiger partial charge in [-0.2, -0.15) is 0 Å². The third-order valence-corrected chi connectivity index (χ3v) is 9.59. The lowest BCUT2D eigenvalue weighted by Gasteiger charge is -2.35. The normalized spacial score (nSPS) is 20.9. The smallest absolute Gasteiger partial charge is 0.164 e. The molecule has 0 unspecified atom stereocenters. The second-order valence-corrected chi connectivity index (χ2v) is 11.9. The van der Waals surface area contributed by atoms with E-state index in [1.54, 1.807) is 13.8 Å².